The molecule has 4 rings (SSSR count). The molecule has 4 aromatic rings. The predicted octanol–water partition coefficient (Wildman–Crippen LogP) is 1.31. The fraction of sp³-hybridized carbons (Fsp3) is 0.269. The van der Waals surface area contributed by atoms with Gasteiger partial charge in [-0.05, 0) is 36.6 Å². The van der Waals surface area contributed by atoms with Gasteiger partial charge in [-0.15, -0.1) is 0 Å². The number of hydrogen-bond acceptors (Lipinski definition) is 5. The van der Waals surface area contributed by atoms with Crippen molar-refractivity contribution in [3.8, 4) is 0 Å². The molecule has 182 valence electrons. The Bertz CT molecular complexity index is 1340. The van der Waals surface area contributed by atoms with Crippen LogP contribution >= 0.6 is 0 Å². The Labute approximate surface area is 202 Å². The van der Waals surface area contributed by atoms with Crippen LogP contribution in [0.2, 0.25) is 0 Å². The van der Waals surface area contributed by atoms with Gasteiger partial charge in [0.25, 0.3) is 0 Å². The van der Waals surface area contributed by atoms with E-state index in [2.05, 4.69) is 20.6 Å². The Morgan fingerprint density at radius 3 is 2.00 bits per heavy atom. The summed E-state index contributed by atoms with van der Waals surface area (Å²) in [6.07, 6.45) is 3.56. The van der Waals surface area contributed by atoms with Crippen LogP contribution in [0.4, 0.5) is 0 Å². The van der Waals surface area contributed by atoms with Crippen molar-refractivity contribution >= 4 is 39.9 Å². The fourth-order valence-corrected chi connectivity index (χ4v) is 4.24. The number of carbonyl (C=O) groups excluding carboxylic acids is 3. The second-order valence-corrected chi connectivity index (χ2v) is 8.71. The third-order valence-corrected chi connectivity index (χ3v) is 6.12. The number of aliphatic hydroxyl groups excluding tert-OH is 1. The largest absolute Gasteiger partial charge is 0.391 e. The molecule has 7 N–H and O–H groups in total. The SMILES string of the molecule is C[C@H](O)[C@@H](NC(=O)[C@H](N)Cc1c[nH]c2ccccc12)C(=O)N[C@@H](C=O)Cc1c[nH]c2ccccc12. The zero-order valence-corrected chi connectivity index (χ0v) is 19.3. The van der Waals surface area contributed by atoms with Gasteiger partial charge in [0.2, 0.25) is 11.8 Å². The van der Waals surface area contributed by atoms with Crippen LogP contribution in [-0.4, -0.2) is 57.4 Å². The first-order valence-electron chi connectivity index (χ1n) is 11.5. The smallest absolute Gasteiger partial charge is 0.245 e. The van der Waals surface area contributed by atoms with E-state index in [0.717, 1.165) is 32.9 Å². The predicted molar refractivity (Wildman–Crippen MR) is 134 cm³/mol. The van der Waals surface area contributed by atoms with Crippen LogP contribution in [0, 0.1) is 0 Å². The molecule has 0 radical (unpaired) electrons. The van der Waals surface area contributed by atoms with Crippen molar-refractivity contribution in [1.82, 2.24) is 20.6 Å². The lowest BCUT2D eigenvalue weighted by molar-refractivity contribution is -0.133. The molecule has 0 saturated carbocycles. The average Bonchev–Trinajstić information content (AvgIpc) is 3.45. The second-order valence-electron chi connectivity index (χ2n) is 8.71. The summed E-state index contributed by atoms with van der Waals surface area (Å²) in [4.78, 5) is 43.7. The Morgan fingerprint density at radius 2 is 1.46 bits per heavy atom. The summed E-state index contributed by atoms with van der Waals surface area (Å²) in [6, 6.07) is 12.3. The molecule has 0 spiro atoms. The number of nitrogens with two attached hydrogens (primary N) is 1. The standard InChI is InChI=1S/C26H29N5O4/c1-15(33)24(31-25(34)21(27)11-17-13-29-23-9-5-3-7-20(17)23)26(35)30-18(14-32)10-16-12-28-22-8-4-2-6-19(16)22/h2-9,12-15,18,21,24,28-29,33H,10-11,27H2,1H3,(H,30,35)(H,31,34)/t15-,18+,21+,24+/m0/s1. The number of hydrogen-bond donors (Lipinski definition) is 6. The maximum atomic E-state index is 12.9. The van der Waals surface area contributed by atoms with Gasteiger partial charge in [0.1, 0.15) is 12.3 Å². The minimum Gasteiger partial charge on any atom is -0.391 e. The zero-order valence-electron chi connectivity index (χ0n) is 19.3. The lowest BCUT2D eigenvalue weighted by Gasteiger charge is -2.24. The normalized spacial score (nSPS) is 14.8. The molecular formula is C26H29N5O4. The Morgan fingerprint density at radius 1 is 0.914 bits per heavy atom. The van der Waals surface area contributed by atoms with Gasteiger partial charge < -0.3 is 36.2 Å². The van der Waals surface area contributed by atoms with E-state index >= 15 is 0 Å². The molecule has 0 fully saturated rings. The number of para-hydroxylation sites is 2. The molecule has 9 nitrogen and oxygen atoms in total. The van der Waals surface area contributed by atoms with Crippen LogP contribution in [0.15, 0.2) is 60.9 Å². The van der Waals surface area contributed by atoms with Gasteiger partial charge in [-0.25, -0.2) is 0 Å². The average molecular weight is 476 g/mol. The van der Waals surface area contributed by atoms with Gasteiger partial charge in [0, 0.05) is 40.6 Å². The van der Waals surface area contributed by atoms with Crippen LogP contribution in [0.5, 0.6) is 0 Å². The number of aliphatic hydroxyl groups is 1. The molecule has 0 unspecified atom stereocenters. The first-order valence-corrected chi connectivity index (χ1v) is 11.5. The van der Waals surface area contributed by atoms with Gasteiger partial charge in [0.15, 0.2) is 0 Å². The van der Waals surface area contributed by atoms with E-state index in [1.807, 2.05) is 48.5 Å². The van der Waals surface area contributed by atoms with E-state index in [-0.39, 0.29) is 12.8 Å². The molecule has 2 heterocycles. The summed E-state index contributed by atoms with van der Waals surface area (Å²) in [5.41, 5.74) is 9.73. The van der Waals surface area contributed by atoms with Crippen LogP contribution in [0.3, 0.4) is 0 Å². The maximum absolute atomic E-state index is 12.9. The fourth-order valence-electron chi connectivity index (χ4n) is 4.24. The lowest BCUT2D eigenvalue weighted by atomic mass is 10.0. The summed E-state index contributed by atoms with van der Waals surface area (Å²) >= 11 is 0. The molecule has 35 heavy (non-hydrogen) atoms. The number of rotatable bonds is 10. The molecule has 2 aromatic carbocycles. The van der Waals surface area contributed by atoms with Crippen molar-refractivity contribution in [2.24, 2.45) is 5.73 Å². The number of nitrogens with one attached hydrogen (secondary N) is 4. The summed E-state index contributed by atoms with van der Waals surface area (Å²) in [5, 5.41) is 17.3. The lowest BCUT2D eigenvalue weighted by Crippen LogP contribution is -2.57. The highest BCUT2D eigenvalue weighted by atomic mass is 16.3. The van der Waals surface area contributed by atoms with Crippen LogP contribution < -0.4 is 16.4 Å². The van der Waals surface area contributed by atoms with Crippen molar-refractivity contribution < 1.29 is 19.5 Å². The minimum atomic E-state index is -1.26. The van der Waals surface area contributed by atoms with Crippen LogP contribution in [0.1, 0.15) is 18.1 Å². The number of benzene rings is 2. The van der Waals surface area contributed by atoms with E-state index in [1.54, 1.807) is 12.4 Å². The number of fused-ring (bicyclic) bond motifs is 2. The molecule has 2 amide bonds. The quantitative estimate of drug-likeness (QED) is 0.191. The van der Waals surface area contributed by atoms with Gasteiger partial charge in [-0.1, -0.05) is 36.4 Å². The highest BCUT2D eigenvalue weighted by molar-refractivity contribution is 5.92. The number of aromatic amines is 2. The molecule has 0 bridgehead atoms. The monoisotopic (exact) mass is 475 g/mol. The van der Waals surface area contributed by atoms with Crippen molar-refractivity contribution in [2.45, 2.75) is 44.0 Å². The molecule has 4 atom stereocenters. The van der Waals surface area contributed by atoms with E-state index < -0.39 is 36.0 Å². The third-order valence-electron chi connectivity index (χ3n) is 6.12. The number of amides is 2. The molecule has 0 aliphatic heterocycles. The maximum Gasteiger partial charge on any atom is 0.245 e. The summed E-state index contributed by atoms with van der Waals surface area (Å²) < 4.78 is 0. The number of aromatic nitrogens is 2. The van der Waals surface area contributed by atoms with Gasteiger partial charge in [-0.2, -0.15) is 0 Å². The van der Waals surface area contributed by atoms with Crippen LogP contribution in [-0.2, 0) is 27.2 Å². The first kappa shape index (κ1) is 24.2. The van der Waals surface area contributed by atoms with Gasteiger partial charge in [-0.3, -0.25) is 9.59 Å². The minimum absolute atomic E-state index is 0.252. The Kier molecular flexibility index (Phi) is 7.28. The van der Waals surface area contributed by atoms with Crippen molar-refractivity contribution in [3.63, 3.8) is 0 Å². The van der Waals surface area contributed by atoms with E-state index in [1.165, 1.54) is 6.92 Å². The van der Waals surface area contributed by atoms with Gasteiger partial charge in [0.05, 0.1) is 18.2 Å². The molecule has 0 saturated heterocycles. The van der Waals surface area contributed by atoms with Crippen molar-refractivity contribution in [3.05, 3.63) is 72.1 Å². The van der Waals surface area contributed by atoms with Crippen molar-refractivity contribution in [2.75, 3.05) is 0 Å². The van der Waals surface area contributed by atoms with E-state index in [9.17, 15) is 19.5 Å². The van der Waals surface area contributed by atoms with Crippen LogP contribution in [0.25, 0.3) is 21.8 Å². The Balaban J connectivity index is 1.39. The van der Waals surface area contributed by atoms with Crippen molar-refractivity contribution in [1.29, 1.82) is 0 Å². The summed E-state index contributed by atoms with van der Waals surface area (Å²) in [7, 11) is 0. The zero-order chi connectivity index (χ0) is 24.9. The molecule has 0 aliphatic rings. The summed E-state index contributed by atoms with van der Waals surface area (Å²) in [5.74, 6) is -1.24. The first-order chi connectivity index (χ1) is 16.9. The third kappa shape index (κ3) is 5.42. The highest BCUT2D eigenvalue weighted by Gasteiger charge is 2.29. The number of carbonyl (C=O) groups is 3. The Hall–Kier alpha value is -3.95. The number of aldehydes is 1. The second kappa shape index (κ2) is 10.5. The molecule has 2 aromatic heterocycles. The highest BCUT2D eigenvalue weighted by Crippen LogP contribution is 2.20. The summed E-state index contributed by atoms with van der Waals surface area (Å²) in [6.45, 7) is 1.39. The number of H-pyrrole nitrogens is 2. The molecule has 0 aliphatic carbocycles. The van der Waals surface area contributed by atoms with Gasteiger partial charge >= 0.3 is 0 Å². The topological polar surface area (TPSA) is 153 Å². The molecular weight excluding hydrogens is 446 g/mol. The van der Waals surface area contributed by atoms with E-state index in [0.29, 0.717) is 6.29 Å². The van der Waals surface area contributed by atoms with E-state index in [4.69, 9.17) is 5.73 Å². The molecule has 9 heteroatoms.